The van der Waals surface area contributed by atoms with Crippen LogP contribution in [0.2, 0.25) is 0 Å². The van der Waals surface area contributed by atoms with E-state index in [9.17, 15) is 13.9 Å². The molecule has 0 aliphatic rings. The molecule has 2 aromatic rings. The Morgan fingerprint density at radius 3 is 2.67 bits per heavy atom. The summed E-state index contributed by atoms with van der Waals surface area (Å²) in [6.45, 7) is 1.64. The van der Waals surface area contributed by atoms with Crippen LogP contribution in [0.4, 0.5) is 8.78 Å². The highest BCUT2D eigenvalue weighted by Gasteiger charge is 2.14. The van der Waals surface area contributed by atoms with Crippen LogP contribution in [0.15, 0.2) is 33.2 Å². The molecule has 1 aromatic heterocycles. The normalized spacial score (nSPS) is 12.7. The van der Waals surface area contributed by atoms with Gasteiger partial charge in [0.1, 0.15) is 23.2 Å². The summed E-state index contributed by atoms with van der Waals surface area (Å²) in [6.07, 6.45) is -0.182. The number of aliphatic hydroxyl groups excluding tert-OH is 1. The van der Waals surface area contributed by atoms with E-state index in [4.69, 9.17) is 4.42 Å². The van der Waals surface area contributed by atoms with Crippen LogP contribution in [0.3, 0.4) is 0 Å². The third-order valence-electron chi connectivity index (χ3n) is 2.43. The molecule has 0 fully saturated rings. The first-order valence-electron chi connectivity index (χ1n) is 5.39. The van der Waals surface area contributed by atoms with Crippen molar-refractivity contribution in [1.82, 2.24) is 0 Å². The molecule has 0 aliphatic carbocycles. The van der Waals surface area contributed by atoms with Crippen molar-refractivity contribution < 1.29 is 18.3 Å². The van der Waals surface area contributed by atoms with Gasteiger partial charge in [-0.25, -0.2) is 8.78 Å². The van der Waals surface area contributed by atoms with Crippen LogP contribution in [-0.4, -0.2) is 11.2 Å². The van der Waals surface area contributed by atoms with Gasteiger partial charge < -0.3 is 9.52 Å². The van der Waals surface area contributed by atoms with E-state index >= 15 is 0 Å². The van der Waals surface area contributed by atoms with E-state index < -0.39 is 17.7 Å². The zero-order valence-electron chi connectivity index (χ0n) is 9.58. The van der Waals surface area contributed by atoms with Crippen molar-refractivity contribution in [3.05, 3.63) is 46.1 Å². The molecule has 0 radical (unpaired) electrons. The van der Waals surface area contributed by atoms with E-state index in [0.717, 1.165) is 6.07 Å². The predicted octanol–water partition coefficient (Wildman–Crippen LogP) is 3.91. The maximum atomic E-state index is 13.6. The Labute approximate surface area is 111 Å². The van der Waals surface area contributed by atoms with Crippen molar-refractivity contribution in [2.75, 3.05) is 0 Å². The number of benzene rings is 1. The Bertz CT molecular complexity index is 564. The van der Waals surface area contributed by atoms with E-state index in [2.05, 4.69) is 15.9 Å². The summed E-state index contributed by atoms with van der Waals surface area (Å²) in [4.78, 5) is 0. The number of furan rings is 1. The molecule has 5 heteroatoms. The molecule has 1 heterocycles. The van der Waals surface area contributed by atoms with Gasteiger partial charge in [0.2, 0.25) is 0 Å². The quantitative estimate of drug-likeness (QED) is 0.871. The predicted molar refractivity (Wildman–Crippen MR) is 67.1 cm³/mol. The number of aliphatic hydroxyl groups is 1. The van der Waals surface area contributed by atoms with Crippen LogP contribution in [0, 0.1) is 11.6 Å². The summed E-state index contributed by atoms with van der Waals surface area (Å²) in [7, 11) is 0. The molecule has 0 amide bonds. The summed E-state index contributed by atoms with van der Waals surface area (Å²) >= 11 is 3.00. The molecule has 18 heavy (non-hydrogen) atoms. The second-order valence-electron chi connectivity index (χ2n) is 4.07. The lowest BCUT2D eigenvalue weighted by molar-refractivity contribution is 0.187. The van der Waals surface area contributed by atoms with Gasteiger partial charge in [-0.2, -0.15) is 0 Å². The summed E-state index contributed by atoms with van der Waals surface area (Å²) < 4.78 is 32.3. The molecular formula is C13H11BrF2O2. The van der Waals surface area contributed by atoms with E-state index in [1.54, 1.807) is 19.1 Å². The standard InChI is InChI=1S/C13H11BrF2O2/c1-7(17)4-8-2-3-13(18-8)9-5-10(14)12(16)6-11(9)15/h2-3,5-7,17H,4H2,1H3. The van der Waals surface area contributed by atoms with Gasteiger partial charge in [-0.05, 0) is 41.1 Å². The average molecular weight is 317 g/mol. The fourth-order valence-corrected chi connectivity index (χ4v) is 1.98. The minimum atomic E-state index is -0.686. The smallest absolute Gasteiger partial charge is 0.140 e. The summed E-state index contributed by atoms with van der Waals surface area (Å²) in [6, 6.07) is 5.39. The minimum Gasteiger partial charge on any atom is -0.461 e. The van der Waals surface area contributed by atoms with Crippen molar-refractivity contribution in [3.8, 4) is 11.3 Å². The SMILES string of the molecule is CC(O)Cc1ccc(-c2cc(Br)c(F)cc2F)o1. The van der Waals surface area contributed by atoms with Gasteiger partial charge in [0, 0.05) is 12.5 Å². The van der Waals surface area contributed by atoms with Gasteiger partial charge >= 0.3 is 0 Å². The molecule has 0 aliphatic heterocycles. The van der Waals surface area contributed by atoms with Gasteiger partial charge in [-0.1, -0.05) is 0 Å². The number of hydrogen-bond acceptors (Lipinski definition) is 2. The van der Waals surface area contributed by atoms with Crippen LogP contribution in [0.5, 0.6) is 0 Å². The molecule has 1 N–H and O–H groups in total. The van der Waals surface area contributed by atoms with Gasteiger partial charge in [0.15, 0.2) is 0 Å². The second-order valence-corrected chi connectivity index (χ2v) is 4.92. The van der Waals surface area contributed by atoms with Crippen molar-refractivity contribution in [1.29, 1.82) is 0 Å². The molecular weight excluding hydrogens is 306 g/mol. The molecule has 2 rings (SSSR count). The highest BCUT2D eigenvalue weighted by Crippen LogP contribution is 2.29. The summed E-state index contributed by atoms with van der Waals surface area (Å²) in [5.41, 5.74) is 0.181. The first-order chi connectivity index (χ1) is 8.47. The molecule has 0 bridgehead atoms. The summed E-state index contributed by atoms with van der Waals surface area (Å²) in [5.74, 6) is -0.482. The lowest BCUT2D eigenvalue weighted by atomic mass is 10.1. The topological polar surface area (TPSA) is 33.4 Å². The Morgan fingerprint density at radius 2 is 2.00 bits per heavy atom. The largest absolute Gasteiger partial charge is 0.461 e. The van der Waals surface area contributed by atoms with Crippen LogP contribution in [0.25, 0.3) is 11.3 Å². The maximum Gasteiger partial charge on any atom is 0.140 e. The first kappa shape index (κ1) is 13.2. The van der Waals surface area contributed by atoms with Crippen LogP contribution < -0.4 is 0 Å². The molecule has 0 spiro atoms. The van der Waals surface area contributed by atoms with E-state index in [0.29, 0.717) is 17.9 Å². The van der Waals surface area contributed by atoms with Gasteiger partial charge in [0.25, 0.3) is 0 Å². The summed E-state index contributed by atoms with van der Waals surface area (Å²) in [5, 5.41) is 9.23. The molecule has 0 saturated carbocycles. The second kappa shape index (κ2) is 5.20. The molecule has 0 saturated heterocycles. The highest BCUT2D eigenvalue weighted by molar-refractivity contribution is 9.10. The van der Waals surface area contributed by atoms with Crippen molar-refractivity contribution >= 4 is 15.9 Å². The zero-order valence-corrected chi connectivity index (χ0v) is 11.2. The monoisotopic (exact) mass is 316 g/mol. The van der Waals surface area contributed by atoms with Crippen molar-refractivity contribution in [3.63, 3.8) is 0 Å². The van der Waals surface area contributed by atoms with Gasteiger partial charge in [-0.3, -0.25) is 0 Å². The van der Waals surface area contributed by atoms with Crippen LogP contribution in [-0.2, 0) is 6.42 Å². The molecule has 2 nitrogen and oxygen atoms in total. The molecule has 1 unspecified atom stereocenters. The Balaban J connectivity index is 2.37. The van der Waals surface area contributed by atoms with Crippen molar-refractivity contribution in [2.24, 2.45) is 0 Å². The van der Waals surface area contributed by atoms with E-state index in [-0.39, 0.29) is 10.0 Å². The lowest BCUT2D eigenvalue weighted by Crippen LogP contribution is -2.02. The number of halogens is 3. The third-order valence-corrected chi connectivity index (χ3v) is 3.04. The molecule has 1 atom stereocenters. The van der Waals surface area contributed by atoms with E-state index in [1.807, 2.05) is 0 Å². The maximum absolute atomic E-state index is 13.6. The van der Waals surface area contributed by atoms with Gasteiger partial charge in [-0.15, -0.1) is 0 Å². The Hall–Kier alpha value is -1.20. The number of rotatable bonds is 3. The average Bonchev–Trinajstić information content (AvgIpc) is 2.70. The Morgan fingerprint density at radius 1 is 1.28 bits per heavy atom. The minimum absolute atomic E-state index is 0.173. The van der Waals surface area contributed by atoms with Crippen LogP contribution in [0.1, 0.15) is 12.7 Å². The highest BCUT2D eigenvalue weighted by atomic mass is 79.9. The van der Waals surface area contributed by atoms with E-state index in [1.165, 1.54) is 6.07 Å². The lowest BCUT2D eigenvalue weighted by Gasteiger charge is -2.03. The zero-order chi connectivity index (χ0) is 13.3. The number of hydrogen-bond donors (Lipinski definition) is 1. The molecule has 1 aromatic carbocycles. The van der Waals surface area contributed by atoms with Gasteiger partial charge in [0.05, 0.1) is 16.1 Å². The van der Waals surface area contributed by atoms with Crippen LogP contribution >= 0.6 is 15.9 Å². The third kappa shape index (κ3) is 2.79. The molecule has 96 valence electrons. The fraction of sp³-hybridized carbons (Fsp3) is 0.231. The fourth-order valence-electron chi connectivity index (χ4n) is 1.63. The first-order valence-corrected chi connectivity index (χ1v) is 6.18. The van der Waals surface area contributed by atoms with Crippen molar-refractivity contribution in [2.45, 2.75) is 19.4 Å². The Kier molecular flexibility index (Phi) is 3.82.